The predicted molar refractivity (Wildman–Crippen MR) is 108 cm³/mol. The van der Waals surface area contributed by atoms with Crippen molar-refractivity contribution in [1.82, 2.24) is 0 Å². The van der Waals surface area contributed by atoms with E-state index < -0.39 is 22.5 Å². The Kier molecular flexibility index (Phi) is 6.78. The minimum absolute atomic E-state index is 0.0194. The van der Waals surface area contributed by atoms with Gasteiger partial charge in [-0.1, -0.05) is 29.3 Å². The third kappa shape index (κ3) is 5.37. The maximum absolute atomic E-state index is 13.3. The van der Waals surface area contributed by atoms with Crippen LogP contribution < -0.4 is 4.31 Å². The molecule has 5 nitrogen and oxygen atoms in total. The number of carbonyl (C=O) groups is 1. The molecule has 0 aliphatic carbocycles. The first-order valence-electron chi connectivity index (χ1n) is 8.26. The highest BCUT2D eigenvalue weighted by Gasteiger charge is 2.30. The van der Waals surface area contributed by atoms with Gasteiger partial charge in [-0.15, -0.1) is 0 Å². The first-order chi connectivity index (χ1) is 12.5. The average molecular weight is 430 g/mol. The molecule has 0 fully saturated rings. The quantitative estimate of drug-likeness (QED) is 0.620. The van der Waals surface area contributed by atoms with Crippen LogP contribution in [0, 0.1) is 13.8 Å². The summed E-state index contributed by atoms with van der Waals surface area (Å²) >= 11 is 12.1. The number of rotatable bonds is 6. The maximum Gasteiger partial charge on any atom is 0.327 e. The van der Waals surface area contributed by atoms with Crippen molar-refractivity contribution in [1.29, 1.82) is 0 Å². The second-order valence-corrected chi connectivity index (χ2v) is 9.15. The smallest absolute Gasteiger partial charge is 0.327 e. The van der Waals surface area contributed by atoms with Gasteiger partial charge in [0.05, 0.1) is 16.8 Å². The first kappa shape index (κ1) is 21.5. The molecule has 2 aromatic carbocycles. The van der Waals surface area contributed by atoms with Crippen LogP contribution in [0.25, 0.3) is 0 Å². The van der Waals surface area contributed by atoms with E-state index >= 15 is 0 Å². The number of hydrogen-bond donors (Lipinski definition) is 0. The number of halogens is 2. The van der Waals surface area contributed by atoms with Crippen LogP contribution in [0.2, 0.25) is 10.0 Å². The highest BCUT2D eigenvalue weighted by Crippen LogP contribution is 2.31. The van der Waals surface area contributed by atoms with Gasteiger partial charge in [0.2, 0.25) is 0 Å². The summed E-state index contributed by atoms with van der Waals surface area (Å²) in [6, 6.07) is 9.45. The molecule has 146 valence electrons. The van der Waals surface area contributed by atoms with Crippen molar-refractivity contribution in [2.45, 2.75) is 38.7 Å². The number of nitrogens with zero attached hydrogens (tertiary/aromatic N) is 1. The number of esters is 1. The molecule has 27 heavy (non-hydrogen) atoms. The highest BCUT2D eigenvalue weighted by molar-refractivity contribution is 7.93. The van der Waals surface area contributed by atoms with E-state index in [1.807, 2.05) is 19.9 Å². The van der Waals surface area contributed by atoms with Crippen LogP contribution in [0.4, 0.5) is 5.69 Å². The van der Waals surface area contributed by atoms with Gasteiger partial charge in [-0.2, -0.15) is 0 Å². The third-order valence-corrected chi connectivity index (χ3v) is 6.09. The van der Waals surface area contributed by atoms with Crippen LogP contribution >= 0.6 is 23.2 Å². The molecule has 0 saturated carbocycles. The van der Waals surface area contributed by atoms with Crippen LogP contribution in [-0.2, 0) is 19.6 Å². The lowest BCUT2D eigenvalue weighted by Gasteiger charge is -2.25. The fourth-order valence-corrected chi connectivity index (χ4v) is 4.75. The second-order valence-electron chi connectivity index (χ2n) is 6.47. The van der Waals surface area contributed by atoms with E-state index in [0.29, 0.717) is 5.69 Å². The minimum Gasteiger partial charge on any atom is -0.462 e. The van der Waals surface area contributed by atoms with Crippen molar-refractivity contribution >= 4 is 44.9 Å². The van der Waals surface area contributed by atoms with E-state index in [1.165, 1.54) is 18.2 Å². The van der Waals surface area contributed by atoms with Crippen molar-refractivity contribution in [2.24, 2.45) is 0 Å². The van der Waals surface area contributed by atoms with Gasteiger partial charge in [0.1, 0.15) is 11.4 Å². The number of anilines is 1. The zero-order valence-corrected chi connectivity index (χ0v) is 17.8. The molecule has 0 heterocycles. The van der Waals surface area contributed by atoms with Gasteiger partial charge in [0.15, 0.2) is 0 Å². The molecule has 0 bridgehead atoms. The predicted octanol–water partition coefficient (Wildman–Crippen LogP) is 4.76. The van der Waals surface area contributed by atoms with E-state index in [2.05, 4.69) is 0 Å². The minimum atomic E-state index is -4.16. The SMILES string of the molecule is Cc1cc(C)cc(N(CC(=O)OC(C)C)S(=O)(=O)c2cc(Cl)ccc2Cl)c1. The number of hydrogen-bond acceptors (Lipinski definition) is 4. The fraction of sp³-hybridized carbons (Fsp3) is 0.316. The zero-order chi connectivity index (χ0) is 20.4. The van der Waals surface area contributed by atoms with Gasteiger partial charge < -0.3 is 4.74 Å². The monoisotopic (exact) mass is 429 g/mol. The Hall–Kier alpha value is -1.76. The van der Waals surface area contributed by atoms with Crippen molar-refractivity contribution < 1.29 is 17.9 Å². The lowest BCUT2D eigenvalue weighted by atomic mass is 10.1. The Balaban J connectivity index is 2.60. The molecule has 2 aromatic rings. The third-order valence-electron chi connectivity index (χ3n) is 3.60. The summed E-state index contributed by atoms with van der Waals surface area (Å²) in [6.45, 7) is 6.61. The van der Waals surface area contributed by atoms with Crippen molar-refractivity contribution in [3.05, 3.63) is 57.6 Å². The van der Waals surface area contributed by atoms with E-state index in [9.17, 15) is 13.2 Å². The molecular formula is C19H21Cl2NO4S. The summed E-state index contributed by atoms with van der Waals surface area (Å²) in [7, 11) is -4.16. The van der Waals surface area contributed by atoms with Gasteiger partial charge >= 0.3 is 5.97 Å². The number of ether oxygens (including phenoxy) is 1. The summed E-state index contributed by atoms with van der Waals surface area (Å²) < 4.78 is 32.8. The molecular weight excluding hydrogens is 409 g/mol. The molecule has 0 aliphatic rings. The first-order valence-corrected chi connectivity index (χ1v) is 10.5. The topological polar surface area (TPSA) is 63.7 Å². The largest absolute Gasteiger partial charge is 0.462 e. The highest BCUT2D eigenvalue weighted by atomic mass is 35.5. The summed E-state index contributed by atoms with van der Waals surface area (Å²) in [4.78, 5) is 12.1. The van der Waals surface area contributed by atoms with E-state index in [4.69, 9.17) is 27.9 Å². The summed E-state index contributed by atoms with van der Waals surface area (Å²) in [5.74, 6) is -0.661. The van der Waals surface area contributed by atoms with E-state index in [-0.39, 0.29) is 21.0 Å². The van der Waals surface area contributed by atoms with Crippen LogP contribution in [0.3, 0.4) is 0 Å². The fourth-order valence-electron chi connectivity index (χ4n) is 2.62. The van der Waals surface area contributed by atoms with Crippen molar-refractivity contribution in [3.8, 4) is 0 Å². The van der Waals surface area contributed by atoms with Gasteiger partial charge in [-0.3, -0.25) is 9.10 Å². The van der Waals surface area contributed by atoms with Crippen LogP contribution in [0.15, 0.2) is 41.3 Å². The number of carbonyl (C=O) groups excluding carboxylic acids is 1. The molecule has 0 spiro atoms. The van der Waals surface area contributed by atoms with Crippen molar-refractivity contribution in [3.63, 3.8) is 0 Å². The van der Waals surface area contributed by atoms with Gasteiger partial charge in [-0.25, -0.2) is 8.42 Å². The Labute approximate surface area is 169 Å². The molecule has 0 aromatic heterocycles. The molecule has 8 heteroatoms. The van der Waals surface area contributed by atoms with Crippen LogP contribution in [0.5, 0.6) is 0 Å². The summed E-state index contributed by atoms with van der Waals surface area (Å²) in [6.07, 6.45) is -0.365. The maximum atomic E-state index is 13.3. The molecule has 0 amide bonds. The molecule has 0 atom stereocenters. The standard InChI is InChI=1S/C19H21Cl2NO4S/c1-12(2)26-19(23)11-22(16-8-13(3)7-14(4)9-16)27(24,25)18-10-15(20)5-6-17(18)21/h5-10,12H,11H2,1-4H3. The van der Waals surface area contributed by atoms with Gasteiger partial charge in [0.25, 0.3) is 10.0 Å². The van der Waals surface area contributed by atoms with Crippen LogP contribution in [-0.4, -0.2) is 27.0 Å². The Morgan fingerprint density at radius 3 is 2.22 bits per heavy atom. The summed E-state index contributed by atoms with van der Waals surface area (Å²) in [5, 5.41) is 0.245. The molecule has 2 rings (SSSR count). The second kappa shape index (κ2) is 8.50. The Morgan fingerprint density at radius 1 is 1.07 bits per heavy atom. The molecule has 0 aliphatic heterocycles. The number of sulfonamides is 1. The average Bonchev–Trinajstić information content (AvgIpc) is 2.53. The number of aryl methyl sites for hydroxylation is 2. The molecule has 0 unspecified atom stereocenters. The Morgan fingerprint density at radius 2 is 1.67 bits per heavy atom. The lowest BCUT2D eigenvalue weighted by Crippen LogP contribution is -2.37. The summed E-state index contributed by atoms with van der Waals surface area (Å²) in [5.41, 5.74) is 2.07. The van der Waals surface area contributed by atoms with Gasteiger partial charge in [0, 0.05) is 5.02 Å². The normalized spacial score (nSPS) is 11.5. The molecule has 0 N–H and O–H groups in total. The van der Waals surface area contributed by atoms with E-state index in [0.717, 1.165) is 15.4 Å². The Bertz CT molecular complexity index is 938. The van der Waals surface area contributed by atoms with Gasteiger partial charge in [-0.05, 0) is 69.2 Å². The number of benzene rings is 2. The molecule has 0 saturated heterocycles. The van der Waals surface area contributed by atoms with E-state index in [1.54, 1.807) is 26.0 Å². The van der Waals surface area contributed by atoms with Crippen molar-refractivity contribution in [2.75, 3.05) is 10.8 Å². The molecule has 0 radical (unpaired) electrons. The van der Waals surface area contributed by atoms with Crippen LogP contribution in [0.1, 0.15) is 25.0 Å². The zero-order valence-electron chi connectivity index (χ0n) is 15.5. The lowest BCUT2D eigenvalue weighted by molar-refractivity contribution is -0.145.